The van der Waals surface area contributed by atoms with Crippen molar-refractivity contribution in [2.45, 2.75) is 166 Å². The van der Waals surface area contributed by atoms with Crippen molar-refractivity contribution in [3.63, 3.8) is 0 Å². The molecule has 0 spiro atoms. The number of esters is 2. The summed E-state index contributed by atoms with van der Waals surface area (Å²) >= 11 is 0. The second-order valence-electron chi connectivity index (χ2n) is 13.1. The lowest BCUT2D eigenvalue weighted by Gasteiger charge is -2.41. The van der Waals surface area contributed by atoms with Gasteiger partial charge in [0.05, 0.1) is 6.61 Å². The molecule has 1 fully saturated rings. The number of ether oxygens (including phenoxy) is 2. The molecule has 1 aliphatic rings. The number of phosphoric ester groups is 1. The summed E-state index contributed by atoms with van der Waals surface area (Å²) in [6.45, 7) is 3.06. The molecule has 0 aromatic heterocycles. The molecule has 0 aromatic carbocycles. The van der Waals surface area contributed by atoms with Crippen LogP contribution in [0.15, 0.2) is 48.6 Å². The molecule has 0 aliphatic heterocycles. The summed E-state index contributed by atoms with van der Waals surface area (Å²) in [5.41, 5.74) is 0. The van der Waals surface area contributed by atoms with Crippen LogP contribution < -0.4 is 0 Å². The molecule has 0 heterocycles. The van der Waals surface area contributed by atoms with E-state index < -0.39 is 75.7 Å². The Morgan fingerprint density at radius 1 is 0.615 bits per heavy atom. The molecule has 0 aromatic rings. The zero-order valence-electron chi connectivity index (χ0n) is 31.1. The highest BCUT2D eigenvalue weighted by Crippen LogP contribution is 2.47. The summed E-state index contributed by atoms with van der Waals surface area (Å²) < 4.78 is 33.2. The van der Waals surface area contributed by atoms with Crippen LogP contribution >= 0.6 is 7.82 Å². The first-order valence-electron chi connectivity index (χ1n) is 18.9. The lowest BCUT2D eigenvalue weighted by molar-refractivity contribution is -0.220. The lowest BCUT2D eigenvalue weighted by Crippen LogP contribution is -2.64. The molecule has 6 atom stereocenters. The zero-order chi connectivity index (χ0) is 38.6. The molecule has 1 saturated carbocycles. The number of hydrogen-bond acceptors (Lipinski definition) is 12. The highest BCUT2D eigenvalue weighted by atomic mass is 31.2. The van der Waals surface area contributed by atoms with E-state index in [1.807, 2.05) is 6.08 Å². The van der Waals surface area contributed by atoms with Crippen molar-refractivity contribution in [1.29, 1.82) is 0 Å². The van der Waals surface area contributed by atoms with E-state index in [2.05, 4.69) is 56.4 Å². The minimum Gasteiger partial charge on any atom is -0.462 e. The molecule has 0 saturated heterocycles. The van der Waals surface area contributed by atoms with Crippen LogP contribution in [-0.2, 0) is 32.7 Å². The van der Waals surface area contributed by atoms with Gasteiger partial charge in [0.2, 0.25) is 0 Å². The Labute approximate surface area is 310 Å². The normalized spacial score (nSPS) is 24.2. The molecule has 1 rings (SSSR count). The number of allylic oxidation sites excluding steroid dienone is 8. The Bertz CT molecular complexity index is 1110. The molecule has 6 unspecified atom stereocenters. The maximum Gasteiger partial charge on any atom is 0.472 e. The number of rotatable bonds is 29. The van der Waals surface area contributed by atoms with Gasteiger partial charge in [0.15, 0.2) is 6.10 Å². The number of aliphatic hydroxyl groups excluding tert-OH is 5. The standard InChI is InChI=1S/C38H65O13P/c1-3-5-7-9-11-13-14-15-16-17-18-19-21-23-25-27-32(40)50-30(28-48-31(39)26-24-22-20-12-10-8-6-4-2)29-49-52(46,47)51-38-36(44)34(42)33(41)35(43)37(38)45/h5,7,11,13,15-16,18-19,30,33-38,41-45H,3-4,6,8-10,12,14,17,20-29H2,1-2H3,(H,46,47)/b7-5-,13-11-,16-15-,19-18-. The molecule has 6 N–H and O–H groups in total. The number of phosphoric acid groups is 1. The van der Waals surface area contributed by atoms with Crippen LogP contribution in [0.5, 0.6) is 0 Å². The van der Waals surface area contributed by atoms with E-state index in [9.17, 15) is 44.6 Å². The maximum atomic E-state index is 12.7. The lowest BCUT2D eigenvalue weighted by atomic mass is 9.85. The molecule has 300 valence electrons. The first-order chi connectivity index (χ1) is 24.9. The Morgan fingerprint density at radius 2 is 1.10 bits per heavy atom. The van der Waals surface area contributed by atoms with Crippen LogP contribution in [0.25, 0.3) is 0 Å². The van der Waals surface area contributed by atoms with Crippen molar-refractivity contribution in [1.82, 2.24) is 0 Å². The highest BCUT2D eigenvalue weighted by molar-refractivity contribution is 7.47. The predicted molar refractivity (Wildman–Crippen MR) is 198 cm³/mol. The first kappa shape index (κ1) is 47.8. The Kier molecular flexibility index (Phi) is 26.9. The van der Waals surface area contributed by atoms with Crippen molar-refractivity contribution in [3.05, 3.63) is 48.6 Å². The monoisotopic (exact) mass is 760 g/mol. The SMILES string of the molecule is CC/C=C\C/C=C\C/C=C\C/C=C\CCCCC(=O)OC(COC(=O)CCCCCCCCCC)COP(=O)(O)OC1C(O)C(O)C(O)C(O)C1O. The third-order valence-corrected chi connectivity index (χ3v) is 9.42. The van der Waals surface area contributed by atoms with Gasteiger partial charge in [-0.05, 0) is 51.4 Å². The molecule has 52 heavy (non-hydrogen) atoms. The maximum absolute atomic E-state index is 12.7. The predicted octanol–water partition coefficient (Wildman–Crippen LogP) is 5.66. The van der Waals surface area contributed by atoms with Crippen LogP contribution in [0.3, 0.4) is 0 Å². The van der Waals surface area contributed by atoms with E-state index in [0.29, 0.717) is 12.8 Å². The van der Waals surface area contributed by atoms with E-state index >= 15 is 0 Å². The zero-order valence-corrected chi connectivity index (χ0v) is 32.0. The van der Waals surface area contributed by atoms with Crippen molar-refractivity contribution in [3.8, 4) is 0 Å². The topological polar surface area (TPSA) is 210 Å². The molecule has 14 heteroatoms. The molecular formula is C38H65O13P. The van der Waals surface area contributed by atoms with Crippen LogP contribution in [0.4, 0.5) is 0 Å². The number of unbranched alkanes of at least 4 members (excludes halogenated alkanes) is 9. The van der Waals surface area contributed by atoms with Gasteiger partial charge < -0.3 is 39.9 Å². The second kappa shape index (κ2) is 29.2. The summed E-state index contributed by atoms with van der Waals surface area (Å²) in [5.74, 6) is -1.16. The van der Waals surface area contributed by atoms with Gasteiger partial charge in [0, 0.05) is 12.8 Å². The van der Waals surface area contributed by atoms with E-state index in [1.54, 1.807) is 0 Å². The fourth-order valence-electron chi connectivity index (χ4n) is 5.33. The third-order valence-electron chi connectivity index (χ3n) is 8.43. The Hall–Kier alpha value is -2.19. The Morgan fingerprint density at radius 3 is 1.67 bits per heavy atom. The van der Waals surface area contributed by atoms with E-state index in [0.717, 1.165) is 64.2 Å². The summed E-state index contributed by atoms with van der Waals surface area (Å²) in [6.07, 6.45) is 17.8. The second-order valence-corrected chi connectivity index (χ2v) is 14.5. The fourth-order valence-corrected chi connectivity index (χ4v) is 6.31. The minimum atomic E-state index is -5.12. The van der Waals surface area contributed by atoms with Crippen LogP contribution in [0, 0.1) is 0 Å². The van der Waals surface area contributed by atoms with Gasteiger partial charge in [-0.2, -0.15) is 0 Å². The van der Waals surface area contributed by atoms with Crippen LogP contribution in [-0.4, -0.2) is 98.3 Å². The molecule has 0 radical (unpaired) electrons. The summed E-state index contributed by atoms with van der Waals surface area (Å²) in [7, 11) is -5.12. The average molecular weight is 761 g/mol. The molecular weight excluding hydrogens is 695 g/mol. The molecule has 1 aliphatic carbocycles. The molecule has 0 bridgehead atoms. The van der Waals surface area contributed by atoms with Gasteiger partial charge in [-0.25, -0.2) is 4.57 Å². The first-order valence-corrected chi connectivity index (χ1v) is 20.4. The van der Waals surface area contributed by atoms with Crippen molar-refractivity contribution >= 4 is 19.8 Å². The Balaban J connectivity index is 2.59. The van der Waals surface area contributed by atoms with E-state index in [4.69, 9.17) is 18.5 Å². The van der Waals surface area contributed by atoms with Crippen molar-refractivity contribution < 1.29 is 63.1 Å². The quantitative estimate of drug-likeness (QED) is 0.0236. The largest absolute Gasteiger partial charge is 0.472 e. The van der Waals surface area contributed by atoms with E-state index in [-0.39, 0.29) is 12.8 Å². The molecule has 0 amide bonds. The average Bonchev–Trinajstić information content (AvgIpc) is 3.12. The number of aliphatic hydroxyl groups is 5. The summed E-state index contributed by atoms with van der Waals surface area (Å²) in [6, 6.07) is 0. The van der Waals surface area contributed by atoms with Gasteiger partial charge in [-0.1, -0.05) is 107 Å². The highest BCUT2D eigenvalue weighted by Gasteiger charge is 2.51. The summed E-state index contributed by atoms with van der Waals surface area (Å²) in [4.78, 5) is 35.3. The van der Waals surface area contributed by atoms with Crippen LogP contribution in [0.2, 0.25) is 0 Å². The number of hydrogen-bond donors (Lipinski definition) is 6. The van der Waals surface area contributed by atoms with Crippen LogP contribution in [0.1, 0.15) is 123 Å². The van der Waals surface area contributed by atoms with E-state index in [1.165, 1.54) is 19.3 Å². The number of carbonyl (C=O) groups is 2. The minimum absolute atomic E-state index is 0.0437. The summed E-state index contributed by atoms with van der Waals surface area (Å²) in [5, 5.41) is 49.8. The van der Waals surface area contributed by atoms with Gasteiger partial charge >= 0.3 is 19.8 Å². The van der Waals surface area contributed by atoms with Crippen molar-refractivity contribution in [2.24, 2.45) is 0 Å². The number of carbonyl (C=O) groups excluding carboxylic acids is 2. The van der Waals surface area contributed by atoms with Gasteiger partial charge in [-0.15, -0.1) is 0 Å². The van der Waals surface area contributed by atoms with Gasteiger partial charge in [0.1, 0.15) is 43.2 Å². The molecule has 13 nitrogen and oxygen atoms in total. The third kappa shape index (κ3) is 22.1. The van der Waals surface area contributed by atoms with Gasteiger partial charge in [-0.3, -0.25) is 18.6 Å². The fraction of sp³-hybridized carbons (Fsp3) is 0.737. The van der Waals surface area contributed by atoms with Crippen molar-refractivity contribution in [2.75, 3.05) is 13.2 Å². The smallest absolute Gasteiger partial charge is 0.462 e. The van der Waals surface area contributed by atoms with Gasteiger partial charge in [0.25, 0.3) is 0 Å².